The predicted octanol–water partition coefficient (Wildman–Crippen LogP) is 1.10. The third-order valence-corrected chi connectivity index (χ3v) is 2.12. The van der Waals surface area contributed by atoms with Gasteiger partial charge in [-0.3, -0.25) is 4.79 Å². The third kappa shape index (κ3) is 2.98. The number of ether oxygens (including phenoxy) is 2. The smallest absolute Gasteiger partial charge is 0.259 e. The van der Waals surface area contributed by atoms with Crippen LogP contribution in [0.15, 0.2) is 23.8 Å². The number of methoxy groups -OCH3 is 2. The van der Waals surface area contributed by atoms with Gasteiger partial charge in [-0.15, -0.1) is 0 Å². The minimum absolute atomic E-state index is 0.142. The number of carbonyl (C=O) groups is 1. The number of nitriles is 1. The Morgan fingerprint density at radius 1 is 1.41 bits per heavy atom. The Kier molecular flexibility index (Phi) is 4.12. The van der Waals surface area contributed by atoms with Crippen molar-refractivity contribution in [2.45, 2.75) is 0 Å². The highest BCUT2D eigenvalue weighted by molar-refractivity contribution is 6.00. The lowest BCUT2D eigenvalue weighted by atomic mass is 10.1. The first-order valence-electron chi connectivity index (χ1n) is 4.76. The molecule has 5 heteroatoms. The average Bonchev–Trinajstić information content (AvgIpc) is 2.35. The summed E-state index contributed by atoms with van der Waals surface area (Å²) in [7, 11) is 3.02. The second-order valence-corrected chi connectivity index (χ2v) is 3.14. The van der Waals surface area contributed by atoms with Gasteiger partial charge in [0.2, 0.25) is 0 Å². The van der Waals surface area contributed by atoms with E-state index in [-0.39, 0.29) is 5.57 Å². The van der Waals surface area contributed by atoms with E-state index >= 15 is 0 Å². The summed E-state index contributed by atoms with van der Waals surface area (Å²) >= 11 is 0. The number of carbonyl (C=O) groups excluding carboxylic acids is 1. The summed E-state index contributed by atoms with van der Waals surface area (Å²) < 4.78 is 10.2. The Bertz CT molecular complexity index is 501. The SMILES string of the molecule is COc1ccc(OC)c(C=C(C#N)C(N)=O)c1. The van der Waals surface area contributed by atoms with Gasteiger partial charge >= 0.3 is 0 Å². The van der Waals surface area contributed by atoms with E-state index in [2.05, 4.69) is 0 Å². The first-order chi connectivity index (χ1) is 8.12. The summed E-state index contributed by atoms with van der Waals surface area (Å²) in [6.45, 7) is 0. The van der Waals surface area contributed by atoms with Gasteiger partial charge in [0, 0.05) is 5.56 Å². The van der Waals surface area contributed by atoms with Gasteiger partial charge in [0.25, 0.3) is 5.91 Å². The molecule has 0 unspecified atom stereocenters. The highest BCUT2D eigenvalue weighted by atomic mass is 16.5. The zero-order chi connectivity index (χ0) is 12.8. The molecule has 0 heterocycles. The van der Waals surface area contributed by atoms with Crippen molar-refractivity contribution in [3.8, 4) is 17.6 Å². The number of hydrogen-bond donors (Lipinski definition) is 1. The Balaban J connectivity index is 3.28. The van der Waals surface area contributed by atoms with Crippen LogP contribution in [0.4, 0.5) is 0 Å². The van der Waals surface area contributed by atoms with E-state index < -0.39 is 5.91 Å². The van der Waals surface area contributed by atoms with E-state index in [9.17, 15) is 4.79 Å². The van der Waals surface area contributed by atoms with E-state index in [0.29, 0.717) is 17.1 Å². The van der Waals surface area contributed by atoms with E-state index in [0.717, 1.165) is 0 Å². The second-order valence-electron chi connectivity index (χ2n) is 3.14. The van der Waals surface area contributed by atoms with Crippen LogP contribution in [0.2, 0.25) is 0 Å². The standard InChI is InChI=1S/C12H12N2O3/c1-16-10-3-4-11(17-2)8(6-10)5-9(7-13)12(14)15/h3-6H,1-2H3,(H2,14,15). The zero-order valence-corrected chi connectivity index (χ0v) is 9.56. The molecule has 1 amide bonds. The third-order valence-electron chi connectivity index (χ3n) is 2.12. The summed E-state index contributed by atoms with van der Waals surface area (Å²) in [5.74, 6) is 0.344. The first-order valence-corrected chi connectivity index (χ1v) is 4.76. The molecule has 0 radical (unpaired) electrons. The van der Waals surface area contributed by atoms with E-state index in [1.165, 1.54) is 20.3 Å². The molecule has 88 valence electrons. The molecule has 0 atom stereocenters. The molecule has 0 aliphatic heterocycles. The monoisotopic (exact) mass is 232 g/mol. The highest BCUT2D eigenvalue weighted by Gasteiger charge is 2.07. The molecule has 5 nitrogen and oxygen atoms in total. The molecule has 2 N–H and O–H groups in total. The van der Waals surface area contributed by atoms with Crippen LogP contribution < -0.4 is 15.2 Å². The summed E-state index contributed by atoms with van der Waals surface area (Å²) in [4.78, 5) is 10.9. The van der Waals surface area contributed by atoms with Crippen molar-refractivity contribution in [3.63, 3.8) is 0 Å². The number of benzene rings is 1. The van der Waals surface area contributed by atoms with Gasteiger partial charge in [-0.05, 0) is 24.3 Å². The van der Waals surface area contributed by atoms with Crippen LogP contribution in [-0.2, 0) is 4.79 Å². The van der Waals surface area contributed by atoms with Crippen LogP contribution in [0.1, 0.15) is 5.56 Å². The Labute approximate surface area is 99.1 Å². The summed E-state index contributed by atoms with van der Waals surface area (Å²) in [6, 6.07) is 6.78. The van der Waals surface area contributed by atoms with Crippen LogP contribution >= 0.6 is 0 Å². The number of nitrogens with zero attached hydrogens (tertiary/aromatic N) is 1. The van der Waals surface area contributed by atoms with E-state index in [4.69, 9.17) is 20.5 Å². The normalized spacial score (nSPS) is 10.5. The van der Waals surface area contributed by atoms with Gasteiger partial charge in [-0.1, -0.05) is 0 Å². The number of amides is 1. The number of nitrogens with two attached hydrogens (primary N) is 1. The van der Waals surface area contributed by atoms with Crippen LogP contribution in [0.25, 0.3) is 6.08 Å². The topological polar surface area (TPSA) is 85.3 Å². The molecule has 0 fully saturated rings. The Hall–Kier alpha value is -2.48. The molecule has 0 aliphatic rings. The van der Waals surface area contributed by atoms with Gasteiger partial charge < -0.3 is 15.2 Å². The van der Waals surface area contributed by atoms with Gasteiger partial charge in [0.05, 0.1) is 14.2 Å². The zero-order valence-electron chi connectivity index (χ0n) is 9.56. The Morgan fingerprint density at radius 3 is 2.59 bits per heavy atom. The first kappa shape index (κ1) is 12.6. The van der Waals surface area contributed by atoms with Crippen molar-refractivity contribution in [2.75, 3.05) is 14.2 Å². The van der Waals surface area contributed by atoms with Crippen molar-refractivity contribution in [1.82, 2.24) is 0 Å². The van der Waals surface area contributed by atoms with Crippen LogP contribution in [0.5, 0.6) is 11.5 Å². The quantitative estimate of drug-likeness (QED) is 0.622. The number of hydrogen-bond acceptors (Lipinski definition) is 4. The van der Waals surface area contributed by atoms with Crippen molar-refractivity contribution in [1.29, 1.82) is 5.26 Å². The van der Waals surface area contributed by atoms with Gasteiger partial charge in [-0.2, -0.15) is 5.26 Å². The molecule has 17 heavy (non-hydrogen) atoms. The fraction of sp³-hybridized carbons (Fsp3) is 0.167. The second kappa shape index (κ2) is 5.56. The van der Waals surface area contributed by atoms with Crippen molar-refractivity contribution in [2.24, 2.45) is 5.73 Å². The lowest BCUT2D eigenvalue weighted by Crippen LogP contribution is -2.12. The molecule has 1 aromatic carbocycles. The average molecular weight is 232 g/mol. The molecule has 1 rings (SSSR count). The van der Waals surface area contributed by atoms with Crippen molar-refractivity contribution >= 4 is 12.0 Å². The largest absolute Gasteiger partial charge is 0.497 e. The van der Waals surface area contributed by atoms with Gasteiger partial charge in [-0.25, -0.2) is 0 Å². The van der Waals surface area contributed by atoms with Gasteiger partial charge in [0.1, 0.15) is 23.1 Å². The summed E-state index contributed by atoms with van der Waals surface area (Å²) in [5.41, 5.74) is 5.47. The summed E-state index contributed by atoms with van der Waals surface area (Å²) in [5, 5.41) is 8.76. The fourth-order valence-electron chi connectivity index (χ4n) is 1.27. The molecule has 0 spiro atoms. The molecule has 0 aliphatic carbocycles. The van der Waals surface area contributed by atoms with Crippen LogP contribution in [0.3, 0.4) is 0 Å². The van der Waals surface area contributed by atoms with Crippen molar-refractivity contribution < 1.29 is 14.3 Å². The number of primary amides is 1. The maximum absolute atomic E-state index is 10.9. The van der Waals surface area contributed by atoms with Gasteiger partial charge in [0.15, 0.2) is 0 Å². The molecule has 0 saturated carbocycles. The highest BCUT2D eigenvalue weighted by Crippen LogP contribution is 2.25. The molecule has 0 saturated heterocycles. The molecule has 0 aromatic heterocycles. The van der Waals surface area contributed by atoms with Crippen LogP contribution in [0, 0.1) is 11.3 Å². The minimum atomic E-state index is -0.780. The predicted molar refractivity (Wildman–Crippen MR) is 62.3 cm³/mol. The lowest BCUT2D eigenvalue weighted by molar-refractivity contribution is -0.114. The van der Waals surface area contributed by atoms with E-state index in [1.54, 1.807) is 24.3 Å². The lowest BCUT2D eigenvalue weighted by Gasteiger charge is -2.07. The van der Waals surface area contributed by atoms with Crippen molar-refractivity contribution in [3.05, 3.63) is 29.3 Å². The summed E-state index contributed by atoms with van der Waals surface area (Å²) in [6.07, 6.45) is 1.36. The number of rotatable bonds is 4. The molecule has 0 bridgehead atoms. The Morgan fingerprint density at radius 2 is 2.12 bits per heavy atom. The molecular weight excluding hydrogens is 220 g/mol. The van der Waals surface area contributed by atoms with E-state index in [1.807, 2.05) is 0 Å². The molecule has 1 aromatic rings. The fourth-order valence-corrected chi connectivity index (χ4v) is 1.27. The van der Waals surface area contributed by atoms with Crippen LogP contribution in [-0.4, -0.2) is 20.1 Å². The minimum Gasteiger partial charge on any atom is -0.497 e. The molecular formula is C12H12N2O3. The maximum atomic E-state index is 10.9. The maximum Gasteiger partial charge on any atom is 0.259 e.